The Kier molecular flexibility index (Phi) is 6.71. The number of nitrogens with zero attached hydrogens (tertiary/aromatic N) is 2. The van der Waals surface area contributed by atoms with Crippen LogP contribution < -0.4 is 15.1 Å². The monoisotopic (exact) mass is 632 g/mol. The number of alkyl halides is 2. The summed E-state index contributed by atoms with van der Waals surface area (Å²) in [6.45, 7) is 0. The Morgan fingerprint density at radius 1 is 1.02 bits per heavy atom. The van der Waals surface area contributed by atoms with E-state index in [0.29, 0.717) is 11.1 Å². The Labute approximate surface area is 255 Å². The van der Waals surface area contributed by atoms with Crippen LogP contribution in [0.25, 0.3) is 0 Å². The maximum absolute atomic E-state index is 14.1. The molecule has 14 heteroatoms. The number of phenolic OH excluding ortho intramolecular Hbond substituents is 1. The number of methoxy groups -OCH3 is 1. The van der Waals surface area contributed by atoms with E-state index in [1.165, 1.54) is 50.6 Å². The SMILES string of the molecule is COc1cc(C2C3=CCC4C(=O)N(c5cccc(B(O)O)c5)C(=O)C4C3CC3(Cl)C(=O)N(C)C(=O)C23Cl)cc(Cl)c1O. The van der Waals surface area contributed by atoms with Gasteiger partial charge in [0.05, 0.1) is 29.7 Å². The molecule has 4 amide bonds. The number of halogens is 3. The van der Waals surface area contributed by atoms with Crippen LogP contribution in [0.1, 0.15) is 24.3 Å². The molecule has 2 aromatic rings. The van der Waals surface area contributed by atoms with E-state index in [-0.39, 0.29) is 40.5 Å². The molecular weight excluding hydrogens is 609 g/mol. The standard InChI is InChI=1S/C28H24BCl3N2O8/c1-33-25(38)27(31)11-17-15(21(28(27,32)26(33)39)12-8-18(30)22(35)19(9-12)42-2)6-7-16-20(17)24(37)34(23(16)36)14-5-3-4-13(10-14)29(40)41/h3-6,8-10,16-17,20-21,35,40-41H,7,11H2,1-2H3. The van der Waals surface area contributed by atoms with Crippen LogP contribution in [0.2, 0.25) is 5.02 Å². The summed E-state index contributed by atoms with van der Waals surface area (Å²) < 4.78 is 5.29. The third-order valence-corrected chi connectivity index (χ3v) is 10.7. The second-order valence-electron chi connectivity index (χ2n) is 11.0. The molecule has 0 aromatic heterocycles. The lowest BCUT2D eigenvalue weighted by Crippen LogP contribution is -2.60. The van der Waals surface area contributed by atoms with Crippen molar-refractivity contribution in [1.82, 2.24) is 4.90 Å². The van der Waals surface area contributed by atoms with Gasteiger partial charge in [-0.2, -0.15) is 0 Å². The number of benzene rings is 2. The summed E-state index contributed by atoms with van der Waals surface area (Å²) in [7, 11) is 0.803. The summed E-state index contributed by atoms with van der Waals surface area (Å²) in [5.74, 6) is -6.39. The van der Waals surface area contributed by atoms with Gasteiger partial charge < -0.3 is 19.9 Å². The van der Waals surface area contributed by atoms with Gasteiger partial charge in [0.15, 0.2) is 21.2 Å². The average Bonchev–Trinajstić information content (AvgIpc) is 3.29. The van der Waals surface area contributed by atoms with Gasteiger partial charge in [0.1, 0.15) is 0 Å². The van der Waals surface area contributed by atoms with E-state index in [4.69, 9.17) is 39.5 Å². The fourth-order valence-corrected chi connectivity index (χ4v) is 8.35. The second-order valence-corrected chi connectivity index (χ2v) is 12.7. The predicted octanol–water partition coefficient (Wildman–Crippen LogP) is 1.93. The number of ether oxygens (including phenoxy) is 1. The summed E-state index contributed by atoms with van der Waals surface area (Å²) in [5, 5.41) is 29.6. The number of allylic oxidation sites excluding steroid dienone is 2. The van der Waals surface area contributed by atoms with E-state index in [9.17, 15) is 34.3 Å². The molecule has 0 radical (unpaired) electrons. The van der Waals surface area contributed by atoms with Gasteiger partial charge in [-0.1, -0.05) is 35.4 Å². The second kappa shape index (κ2) is 9.72. The average molecular weight is 634 g/mol. The maximum Gasteiger partial charge on any atom is 0.488 e. The largest absolute Gasteiger partial charge is 0.503 e. The molecule has 218 valence electrons. The van der Waals surface area contributed by atoms with E-state index >= 15 is 0 Å². The van der Waals surface area contributed by atoms with Crippen molar-refractivity contribution in [1.29, 1.82) is 0 Å². The quantitative estimate of drug-likeness (QED) is 0.201. The molecule has 6 atom stereocenters. The zero-order valence-corrected chi connectivity index (χ0v) is 24.5. The van der Waals surface area contributed by atoms with Crippen LogP contribution in [-0.2, 0) is 19.2 Å². The molecule has 10 nitrogen and oxygen atoms in total. The number of hydrogen-bond acceptors (Lipinski definition) is 8. The van der Waals surface area contributed by atoms with E-state index in [2.05, 4.69) is 0 Å². The lowest BCUT2D eigenvalue weighted by atomic mass is 9.56. The van der Waals surface area contributed by atoms with Gasteiger partial charge in [-0.15, -0.1) is 23.2 Å². The van der Waals surface area contributed by atoms with Crippen molar-refractivity contribution < 1.29 is 39.1 Å². The van der Waals surface area contributed by atoms with Crippen LogP contribution >= 0.6 is 34.8 Å². The molecule has 6 unspecified atom stereocenters. The number of imide groups is 2. The summed E-state index contributed by atoms with van der Waals surface area (Å²) in [6.07, 6.45) is 1.71. The Morgan fingerprint density at radius 3 is 2.40 bits per heavy atom. The third kappa shape index (κ3) is 3.67. The molecular formula is C28H24BCl3N2O8. The molecule has 2 aromatic carbocycles. The van der Waals surface area contributed by atoms with E-state index in [1.807, 2.05) is 0 Å². The number of aromatic hydroxyl groups is 1. The number of hydrogen-bond donors (Lipinski definition) is 3. The number of phenols is 1. The highest BCUT2D eigenvalue weighted by atomic mass is 35.5. The minimum atomic E-state index is -2.02. The molecule has 3 fully saturated rings. The molecule has 2 aliphatic carbocycles. The zero-order chi connectivity index (χ0) is 30.5. The van der Waals surface area contributed by atoms with Crippen molar-refractivity contribution in [2.75, 3.05) is 19.1 Å². The molecule has 3 N–H and O–H groups in total. The zero-order valence-electron chi connectivity index (χ0n) is 22.3. The van der Waals surface area contributed by atoms with Crippen LogP contribution in [0.4, 0.5) is 5.69 Å². The molecule has 4 aliphatic rings. The van der Waals surface area contributed by atoms with Gasteiger partial charge in [0, 0.05) is 13.0 Å². The maximum atomic E-state index is 14.1. The number of amides is 4. The topological polar surface area (TPSA) is 145 Å². The molecule has 2 aliphatic heterocycles. The molecule has 2 heterocycles. The van der Waals surface area contributed by atoms with Crippen molar-refractivity contribution in [3.8, 4) is 11.5 Å². The van der Waals surface area contributed by atoms with Gasteiger partial charge >= 0.3 is 7.12 Å². The summed E-state index contributed by atoms with van der Waals surface area (Å²) in [5.41, 5.74) is 1.15. The van der Waals surface area contributed by atoms with Crippen LogP contribution in [0.5, 0.6) is 11.5 Å². The van der Waals surface area contributed by atoms with Crippen LogP contribution in [0, 0.1) is 17.8 Å². The summed E-state index contributed by atoms with van der Waals surface area (Å²) in [6, 6.07) is 8.69. The molecule has 0 bridgehead atoms. The first-order chi connectivity index (χ1) is 19.8. The smallest absolute Gasteiger partial charge is 0.488 e. The highest BCUT2D eigenvalue weighted by Crippen LogP contribution is 2.65. The van der Waals surface area contributed by atoms with Gasteiger partial charge in [0.25, 0.3) is 11.8 Å². The minimum absolute atomic E-state index is 0.00345. The van der Waals surface area contributed by atoms with Gasteiger partial charge in [-0.3, -0.25) is 29.0 Å². The number of carbonyl (C=O) groups excluding carboxylic acids is 4. The highest BCUT2D eigenvalue weighted by molar-refractivity contribution is 6.58. The first-order valence-electron chi connectivity index (χ1n) is 13.1. The lowest BCUT2D eigenvalue weighted by Gasteiger charge is -2.50. The minimum Gasteiger partial charge on any atom is -0.503 e. The van der Waals surface area contributed by atoms with E-state index < -0.39 is 64.2 Å². The van der Waals surface area contributed by atoms with E-state index in [1.54, 1.807) is 6.08 Å². The summed E-state index contributed by atoms with van der Waals surface area (Å²) in [4.78, 5) is 52.9. The first kappa shape index (κ1) is 29.0. The van der Waals surface area contributed by atoms with Crippen molar-refractivity contribution in [3.63, 3.8) is 0 Å². The van der Waals surface area contributed by atoms with E-state index in [0.717, 1.165) is 9.80 Å². The Hall–Kier alpha value is -3.09. The first-order valence-corrected chi connectivity index (χ1v) is 14.2. The molecule has 42 heavy (non-hydrogen) atoms. The number of carbonyl (C=O) groups is 4. The Balaban J connectivity index is 1.52. The van der Waals surface area contributed by atoms with Gasteiger partial charge in [-0.05, 0) is 54.1 Å². The third-order valence-electron chi connectivity index (χ3n) is 9.04. The molecule has 0 spiro atoms. The van der Waals surface area contributed by atoms with Gasteiger partial charge in [-0.25, -0.2) is 0 Å². The number of rotatable bonds is 4. The fourth-order valence-electron chi connectivity index (χ4n) is 7.11. The number of likely N-dealkylation sites (tertiary alicyclic amines) is 1. The van der Waals surface area contributed by atoms with Crippen molar-refractivity contribution >= 4 is 76.7 Å². The molecule has 2 saturated heterocycles. The molecule has 6 rings (SSSR count). The normalized spacial score (nSPS) is 32.0. The van der Waals surface area contributed by atoms with Crippen molar-refractivity contribution in [3.05, 3.63) is 58.6 Å². The van der Waals surface area contributed by atoms with Crippen LogP contribution in [0.15, 0.2) is 48.0 Å². The van der Waals surface area contributed by atoms with Crippen LogP contribution in [-0.4, -0.2) is 74.7 Å². The Morgan fingerprint density at radius 2 is 1.74 bits per heavy atom. The lowest BCUT2D eigenvalue weighted by molar-refractivity contribution is -0.138. The number of anilines is 1. The summed E-state index contributed by atoms with van der Waals surface area (Å²) >= 11 is 20.6. The highest BCUT2D eigenvalue weighted by Gasteiger charge is 2.76. The van der Waals surface area contributed by atoms with Crippen molar-refractivity contribution in [2.45, 2.75) is 28.5 Å². The Bertz CT molecular complexity index is 1620. The van der Waals surface area contributed by atoms with Crippen LogP contribution in [0.3, 0.4) is 0 Å². The molecule has 1 saturated carbocycles. The number of fused-ring (bicyclic) bond motifs is 4. The van der Waals surface area contributed by atoms with Crippen molar-refractivity contribution in [2.24, 2.45) is 17.8 Å². The fraction of sp³-hybridized carbons (Fsp3) is 0.357. The predicted molar refractivity (Wildman–Crippen MR) is 154 cm³/mol. The van der Waals surface area contributed by atoms with Gasteiger partial charge in [0.2, 0.25) is 11.8 Å².